The topological polar surface area (TPSA) is 29.5 Å². The lowest BCUT2D eigenvalue weighted by Gasteiger charge is -2.25. The number of likely N-dealkylation sites (N-methyl/N-ethyl adjacent to an activating group) is 1. The molecule has 0 aliphatic rings. The first kappa shape index (κ1) is 18.5. The quantitative estimate of drug-likeness (QED) is 0.734. The van der Waals surface area contributed by atoms with Crippen LogP contribution in [0.3, 0.4) is 0 Å². The highest BCUT2D eigenvalue weighted by molar-refractivity contribution is 9.10. The van der Waals surface area contributed by atoms with Gasteiger partial charge in [0.05, 0.1) is 11.3 Å². The summed E-state index contributed by atoms with van der Waals surface area (Å²) in [4.78, 5) is 13.8. The summed E-state index contributed by atoms with van der Waals surface area (Å²) in [6.07, 6.45) is -5.39. The number of nitrogens with zero attached hydrogens (tertiary/aromatic N) is 1. The molecule has 1 amide bonds. The van der Waals surface area contributed by atoms with Gasteiger partial charge in [-0.1, -0.05) is 30.3 Å². The van der Waals surface area contributed by atoms with E-state index in [4.69, 9.17) is 4.74 Å². The molecule has 7 heteroatoms. The maximum atomic E-state index is 12.9. The van der Waals surface area contributed by atoms with Gasteiger partial charge in [-0.15, -0.1) is 0 Å². The van der Waals surface area contributed by atoms with Gasteiger partial charge in [-0.2, -0.15) is 13.2 Å². The summed E-state index contributed by atoms with van der Waals surface area (Å²) in [5, 5.41) is 0. The summed E-state index contributed by atoms with van der Waals surface area (Å²) in [6, 6.07) is 11.9. The van der Waals surface area contributed by atoms with Crippen molar-refractivity contribution < 1.29 is 22.7 Å². The Labute approximate surface area is 146 Å². The number of amides is 1. The van der Waals surface area contributed by atoms with Crippen LogP contribution in [0.15, 0.2) is 53.0 Å². The number of carbonyl (C=O) groups excluding carboxylic acids is 1. The Balaban J connectivity index is 2.37. The highest BCUT2D eigenvalue weighted by Crippen LogP contribution is 2.36. The molecule has 3 nitrogen and oxygen atoms in total. The second-order valence-electron chi connectivity index (χ2n) is 5.09. The number of hydrogen-bond donors (Lipinski definition) is 0. The molecule has 0 saturated carbocycles. The summed E-state index contributed by atoms with van der Waals surface area (Å²) in [5.41, 5.74) is -0.0817. The number of alkyl halides is 3. The molecule has 0 aliphatic carbocycles. The summed E-state index contributed by atoms with van der Waals surface area (Å²) in [5.74, 6) is -0.469. The van der Waals surface area contributed by atoms with Gasteiger partial charge in [0.1, 0.15) is 0 Å². The van der Waals surface area contributed by atoms with Crippen LogP contribution >= 0.6 is 15.9 Å². The first-order valence-electron chi connectivity index (χ1n) is 6.97. The van der Waals surface area contributed by atoms with Crippen LogP contribution in [0, 0.1) is 0 Å². The lowest BCUT2D eigenvalue weighted by atomic mass is 10.1. The van der Waals surface area contributed by atoms with Gasteiger partial charge >= 0.3 is 6.18 Å². The Kier molecular flexibility index (Phi) is 5.66. The van der Waals surface area contributed by atoms with Crippen molar-refractivity contribution in [3.05, 3.63) is 64.1 Å². The largest absolute Gasteiger partial charge is 0.416 e. The maximum Gasteiger partial charge on any atom is 0.416 e. The fraction of sp³-hybridized carbons (Fsp3) is 0.235. The number of rotatable bonds is 4. The molecule has 0 aliphatic heterocycles. The maximum absolute atomic E-state index is 12.9. The van der Waals surface area contributed by atoms with Crippen molar-refractivity contribution in [2.45, 2.75) is 12.3 Å². The minimum Gasteiger partial charge on any atom is -0.367 e. The van der Waals surface area contributed by atoms with E-state index in [0.717, 1.165) is 17.0 Å². The zero-order valence-corrected chi connectivity index (χ0v) is 14.6. The Morgan fingerprint density at radius 1 is 1.17 bits per heavy atom. The highest BCUT2D eigenvalue weighted by Gasteiger charge is 2.32. The van der Waals surface area contributed by atoms with Gasteiger partial charge in [0, 0.05) is 18.6 Å². The third-order valence-electron chi connectivity index (χ3n) is 3.53. The van der Waals surface area contributed by atoms with Crippen molar-refractivity contribution >= 4 is 27.5 Å². The molecule has 1 unspecified atom stereocenters. The Morgan fingerprint density at radius 3 is 2.33 bits per heavy atom. The first-order chi connectivity index (χ1) is 11.3. The van der Waals surface area contributed by atoms with E-state index in [0.29, 0.717) is 10.0 Å². The van der Waals surface area contributed by atoms with Gasteiger partial charge in [0.15, 0.2) is 6.10 Å². The molecule has 0 radical (unpaired) electrons. The molecular formula is C17H15BrF3NO2. The Hall–Kier alpha value is -1.86. The van der Waals surface area contributed by atoms with E-state index in [2.05, 4.69) is 15.9 Å². The zero-order valence-electron chi connectivity index (χ0n) is 13.0. The van der Waals surface area contributed by atoms with Crippen LogP contribution in [-0.4, -0.2) is 20.1 Å². The second-order valence-corrected chi connectivity index (χ2v) is 5.94. The van der Waals surface area contributed by atoms with E-state index in [1.165, 1.54) is 20.2 Å². The van der Waals surface area contributed by atoms with Crippen molar-refractivity contribution in [2.75, 3.05) is 19.1 Å². The minimum absolute atomic E-state index is 0.118. The van der Waals surface area contributed by atoms with Crippen LogP contribution < -0.4 is 4.90 Å². The summed E-state index contributed by atoms with van der Waals surface area (Å²) >= 11 is 3.19. The average Bonchev–Trinajstić information content (AvgIpc) is 2.55. The van der Waals surface area contributed by atoms with Crippen molar-refractivity contribution in [1.82, 2.24) is 0 Å². The Morgan fingerprint density at radius 2 is 1.79 bits per heavy atom. The molecule has 0 N–H and O–H groups in total. The van der Waals surface area contributed by atoms with Gasteiger partial charge < -0.3 is 9.64 Å². The molecule has 128 valence electrons. The fourth-order valence-corrected chi connectivity index (χ4v) is 2.76. The molecule has 1 atom stereocenters. The lowest BCUT2D eigenvalue weighted by molar-refractivity contribution is -0.137. The Bertz CT molecular complexity index is 720. The summed E-state index contributed by atoms with van der Waals surface area (Å²) in [6.45, 7) is 0. The number of methoxy groups -OCH3 is 1. The van der Waals surface area contributed by atoms with Crippen LogP contribution in [0.4, 0.5) is 18.9 Å². The van der Waals surface area contributed by atoms with Gasteiger partial charge in [-0.25, -0.2) is 0 Å². The molecule has 0 fully saturated rings. The van der Waals surface area contributed by atoms with Crippen LogP contribution in [-0.2, 0) is 15.7 Å². The number of carbonyl (C=O) groups is 1. The second kappa shape index (κ2) is 7.36. The molecule has 0 heterocycles. The first-order valence-corrected chi connectivity index (χ1v) is 7.77. The smallest absolute Gasteiger partial charge is 0.367 e. The molecule has 24 heavy (non-hydrogen) atoms. The van der Waals surface area contributed by atoms with E-state index >= 15 is 0 Å². The van der Waals surface area contributed by atoms with Crippen molar-refractivity contribution in [3.63, 3.8) is 0 Å². The van der Waals surface area contributed by atoms with Crippen molar-refractivity contribution in [3.8, 4) is 0 Å². The predicted octanol–water partition coefficient (Wildman–Crippen LogP) is 4.82. The van der Waals surface area contributed by atoms with Crippen molar-refractivity contribution in [2.24, 2.45) is 0 Å². The van der Waals surface area contributed by atoms with Crippen LogP contribution in [0.5, 0.6) is 0 Å². The van der Waals surface area contributed by atoms with E-state index in [1.807, 2.05) is 0 Å². The van der Waals surface area contributed by atoms with Gasteiger partial charge in [-0.05, 0) is 39.7 Å². The third kappa shape index (κ3) is 3.96. The molecule has 0 bridgehead atoms. The van der Waals surface area contributed by atoms with Crippen LogP contribution in [0.1, 0.15) is 17.2 Å². The third-order valence-corrected chi connectivity index (χ3v) is 4.20. The SMILES string of the molecule is COC(C(=O)N(C)c1cc(C(F)(F)F)ccc1Br)c1ccccc1. The highest BCUT2D eigenvalue weighted by atomic mass is 79.9. The predicted molar refractivity (Wildman–Crippen MR) is 88.7 cm³/mol. The van der Waals surface area contributed by atoms with Crippen LogP contribution in [0.25, 0.3) is 0 Å². The van der Waals surface area contributed by atoms with Crippen molar-refractivity contribution in [1.29, 1.82) is 0 Å². The number of benzene rings is 2. The van der Waals surface area contributed by atoms with Gasteiger partial charge in [-0.3, -0.25) is 4.79 Å². The fourth-order valence-electron chi connectivity index (χ4n) is 2.25. The molecule has 0 spiro atoms. The molecule has 0 saturated heterocycles. The van der Waals surface area contributed by atoms with E-state index in [-0.39, 0.29) is 5.69 Å². The summed E-state index contributed by atoms with van der Waals surface area (Å²) < 4.78 is 44.4. The van der Waals surface area contributed by atoms with Gasteiger partial charge in [0.25, 0.3) is 5.91 Å². The van der Waals surface area contributed by atoms with Gasteiger partial charge in [0.2, 0.25) is 0 Å². The number of halogens is 4. The average molecular weight is 402 g/mol. The molecular weight excluding hydrogens is 387 g/mol. The summed E-state index contributed by atoms with van der Waals surface area (Å²) in [7, 11) is 2.79. The van der Waals surface area contributed by atoms with E-state index in [9.17, 15) is 18.0 Å². The molecule has 2 rings (SSSR count). The number of ether oxygens (including phenoxy) is 1. The normalized spacial score (nSPS) is 12.8. The van der Waals surface area contributed by atoms with E-state index in [1.54, 1.807) is 30.3 Å². The molecule has 2 aromatic rings. The lowest BCUT2D eigenvalue weighted by Crippen LogP contribution is -2.33. The number of anilines is 1. The monoisotopic (exact) mass is 401 g/mol. The van der Waals surface area contributed by atoms with Crippen LogP contribution in [0.2, 0.25) is 0 Å². The minimum atomic E-state index is -4.49. The molecule has 0 aromatic heterocycles. The zero-order chi connectivity index (χ0) is 17.9. The van der Waals surface area contributed by atoms with E-state index < -0.39 is 23.8 Å². The number of hydrogen-bond acceptors (Lipinski definition) is 2. The molecule has 2 aromatic carbocycles. The standard InChI is InChI=1S/C17H15BrF3NO2/c1-22(14-10-12(17(19,20)21)8-9-13(14)18)16(23)15(24-2)11-6-4-3-5-7-11/h3-10,15H,1-2H3.